The van der Waals surface area contributed by atoms with Crippen LogP contribution in [0.4, 0.5) is 0 Å². The predicted octanol–water partition coefficient (Wildman–Crippen LogP) is -3.15. The Morgan fingerprint density at radius 2 is 1.33 bits per heavy atom. The second kappa shape index (κ2) is 6.72. The molecule has 1 aliphatic rings. The van der Waals surface area contributed by atoms with Gasteiger partial charge in [0.2, 0.25) is 0 Å². The van der Waals surface area contributed by atoms with Crippen molar-refractivity contribution >= 4 is 16.0 Å². The lowest BCUT2D eigenvalue weighted by molar-refractivity contribution is -0.188. The van der Waals surface area contributed by atoms with E-state index in [1.807, 2.05) is 0 Å². The van der Waals surface area contributed by atoms with Crippen LogP contribution in [0.2, 0.25) is 0 Å². The number of rotatable bonds is 3. The lowest BCUT2D eigenvalue weighted by atomic mass is 9.83. The first-order valence-electron chi connectivity index (χ1n) is 6.83. The molecule has 1 amide bonds. The van der Waals surface area contributed by atoms with Gasteiger partial charge in [-0.1, -0.05) is 12.1 Å². The molecule has 1 aromatic rings. The third kappa shape index (κ3) is 3.42. The fourth-order valence-corrected chi connectivity index (χ4v) is 3.20. The van der Waals surface area contributed by atoms with E-state index >= 15 is 0 Å². The average Bonchev–Trinajstić information content (AvgIpc) is 2.54. The lowest BCUT2D eigenvalue weighted by Gasteiger charge is -2.42. The summed E-state index contributed by atoms with van der Waals surface area (Å²) in [5, 5.41) is 50.5. The van der Waals surface area contributed by atoms with Gasteiger partial charge in [0.05, 0.1) is 11.6 Å². The third-order valence-corrected chi connectivity index (χ3v) is 4.75. The molecule has 11 heteroatoms. The molecule has 134 valence electrons. The van der Waals surface area contributed by atoms with Gasteiger partial charge in [0.1, 0.15) is 35.4 Å². The molecular formula is C13H17NO9S. The van der Waals surface area contributed by atoms with Crippen LogP contribution < -0.4 is 5.32 Å². The summed E-state index contributed by atoms with van der Waals surface area (Å²) in [4.78, 5) is 11.5. The molecule has 0 saturated heterocycles. The minimum Gasteiger partial charge on any atom is -0.388 e. The largest absolute Gasteiger partial charge is 0.388 e. The van der Waals surface area contributed by atoms with E-state index in [9.17, 15) is 38.7 Å². The van der Waals surface area contributed by atoms with E-state index in [-0.39, 0.29) is 0 Å². The van der Waals surface area contributed by atoms with Crippen LogP contribution in [-0.4, -0.2) is 81.0 Å². The van der Waals surface area contributed by atoms with E-state index in [2.05, 4.69) is 5.32 Å². The first-order chi connectivity index (χ1) is 11.1. The van der Waals surface area contributed by atoms with Crippen molar-refractivity contribution in [2.24, 2.45) is 0 Å². The number of aliphatic hydroxyl groups excluding tert-OH is 5. The van der Waals surface area contributed by atoms with Crippen molar-refractivity contribution in [2.45, 2.75) is 41.5 Å². The van der Waals surface area contributed by atoms with Crippen molar-refractivity contribution in [2.75, 3.05) is 0 Å². The number of amides is 1. The molecule has 0 aliphatic heterocycles. The van der Waals surface area contributed by atoms with Gasteiger partial charge in [0.15, 0.2) is 0 Å². The molecule has 7 N–H and O–H groups in total. The second-order valence-corrected chi connectivity index (χ2v) is 6.81. The van der Waals surface area contributed by atoms with Crippen molar-refractivity contribution in [1.82, 2.24) is 5.32 Å². The van der Waals surface area contributed by atoms with Gasteiger partial charge in [-0.3, -0.25) is 9.35 Å². The average molecular weight is 363 g/mol. The van der Waals surface area contributed by atoms with Crippen LogP contribution in [0.15, 0.2) is 29.2 Å². The minimum absolute atomic E-state index is 0.463. The molecule has 0 bridgehead atoms. The molecular weight excluding hydrogens is 346 g/mol. The molecule has 10 nitrogen and oxygen atoms in total. The Balaban J connectivity index is 2.30. The summed E-state index contributed by atoms with van der Waals surface area (Å²) < 4.78 is 31.7. The van der Waals surface area contributed by atoms with Gasteiger partial charge in [-0.15, -0.1) is 0 Å². The normalized spacial score (nSPS) is 33.9. The van der Waals surface area contributed by atoms with Gasteiger partial charge in [0, 0.05) is 0 Å². The van der Waals surface area contributed by atoms with E-state index in [4.69, 9.17) is 4.55 Å². The zero-order valence-corrected chi connectivity index (χ0v) is 12.9. The quantitative estimate of drug-likeness (QED) is 0.272. The molecule has 6 atom stereocenters. The highest BCUT2D eigenvalue weighted by molar-refractivity contribution is 7.86. The molecule has 1 aromatic carbocycles. The number of aliphatic hydroxyl groups is 5. The summed E-state index contributed by atoms with van der Waals surface area (Å²) >= 11 is 0. The van der Waals surface area contributed by atoms with Crippen LogP contribution >= 0.6 is 0 Å². The zero-order valence-electron chi connectivity index (χ0n) is 12.1. The molecule has 1 saturated carbocycles. The molecule has 2 unspecified atom stereocenters. The van der Waals surface area contributed by atoms with E-state index in [0.717, 1.165) is 12.1 Å². The summed E-state index contributed by atoms with van der Waals surface area (Å²) in [7, 11) is -4.70. The summed E-state index contributed by atoms with van der Waals surface area (Å²) in [5.41, 5.74) is -0.463. The van der Waals surface area contributed by atoms with Crippen LogP contribution in [0.3, 0.4) is 0 Å². The summed E-state index contributed by atoms with van der Waals surface area (Å²) in [6.07, 6.45) is -9.15. The molecule has 0 aromatic heterocycles. The third-order valence-electron chi connectivity index (χ3n) is 3.84. The van der Waals surface area contributed by atoms with Gasteiger partial charge >= 0.3 is 0 Å². The second-order valence-electron chi connectivity index (χ2n) is 5.42. The van der Waals surface area contributed by atoms with E-state index in [0.29, 0.717) is 0 Å². The monoisotopic (exact) mass is 363 g/mol. The van der Waals surface area contributed by atoms with Crippen molar-refractivity contribution in [1.29, 1.82) is 0 Å². The fraction of sp³-hybridized carbons (Fsp3) is 0.462. The molecule has 1 fully saturated rings. The Hall–Kier alpha value is -1.60. The number of nitrogens with one attached hydrogen (secondary N) is 1. The topological polar surface area (TPSA) is 185 Å². The van der Waals surface area contributed by atoms with Crippen molar-refractivity contribution in [3.63, 3.8) is 0 Å². The maximum Gasteiger partial charge on any atom is 0.295 e. The van der Waals surface area contributed by atoms with Crippen molar-refractivity contribution in [3.05, 3.63) is 29.8 Å². The fourth-order valence-electron chi connectivity index (χ4n) is 2.51. The minimum atomic E-state index is -4.70. The van der Waals surface area contributed by atoms with E-state index in [1.54, 1.807) is 0 Å². The summed E-state index contributed by atoms with van der Waals surface area (Å²) in [6, 6.07) is 3.08. The van der Waals surface area contributed by atoms with Crippen LogP contribution in [0.5, 0.6) is 0 Å². The molecule has 0 spiro atoms. The molecule has 1 aliphatic carbocycles. The standard InChI is InChI=1S/C13H17NO9S/c15-8-7(9(16)11(18)12(19)10(8)17)14-13(20)5-3-1-2-4-6(5)24(21,22)23/h1-4,7-12,15-19H,(H,14,20)(H,21,22,23)/t7?,8-,9+,10+,11-,12?. The Morgan fingerprint density at radius 3 is 1.83 bits per heavy atom. The highest BCUT2D eigenvalue weighted by Gasteiger charge is 2.48. The van der Waals surface area contributed by atoms with Crippen molar-refractivity contribution in [3.8, 4) is 0 Å². The summed E-state index contributed by atoms with van der Waals surface area (Å²) in [6.45, 7) is 0. The number of carbonyl (C=O) groups excluding carboxylic acids is 1. The van der Waals surface area contributed by atoms with Gasteiger partial charge in [-0.05, 0) is 12.1 Å². The van der Waals surface area contributed by atoms with Crippen LogP contribution in [-0.2, 0) is 10.1 Å². The predicted molar refractivity (Wildman–Crippen MR) is 77.5 cm³/mol. The van der Waals surface area contributed by atoms with Crippen LogP contribution in [0, 0.1) is 0 Å². The summed E-state index contributed by atoms with van der Waals surface area (Å²) in [5.74, 6) is -1.08. The first kappa shape index (κ1) is 18.7. The Labute approximate surface area is 136 Å². The lowest BCUT2D eigenvalue weighted by Crippen LogP contribution is -2.68. The van der Waals surface area contributed by atoms with Gasteiger partial charge in [0.25, 0.3) is 16.0 Å². The Kier molecular flexibility index (Phi) is 5.25. The van der Waals surface area contributed by atoms with Crippen LogP contribution in [0.25, 0.3) is 0 Å². The van der Waals surface area contributed by atoms with Crippen molar-refractivity contribution < 1.29 is 43.3 Å². The number of hydrogen-bond donors (Lipinski definition) is 7. The van der Waals surface area contributed by atoms with E-state index in [1.165, 1.54) is 12.1 Å². The smallest absolute Gasteiger partial charge is 0.295 e. The van der Waals surface area contributed by atoms with Gasteiger partial charge in [-0.2, -0.15) is 8.42 Å². The van der Waals surface area contributed by atoms with Gasteiger partial charge in [-0.25, -0.2) is 0 Å². The Morgan fingerprint density at radius 1 is 0.875 bits per heavy atom. The Bertz CT molecular complexity index is 706. The highest BCUT2D eigenvalue weighted by Crippen LogP contribution is 2.23. The number of hydrogen-bond acceptors (Lipinski definition) is 8. The van der Waals surface area contributed by atoms with Gasteiger partial charge < -0.3 is 30.8 Å². The zero-order chi connectivity index (χ0) is 18.2. The highest BCUT2D eigenvalue weighted by atomic mass is 32.2. The maximum absolute atomic E-state index is 12.2. The molecule has 0 radical (unpaired) electrons. The molecule has 24 heavy (non-hydrogen) atoms. The van der Waals surface area contributed by atoms with Crippen LogP contribution in [0.1, 0.15) is 10.4 Å². The van der Waals surface area contributed by atoms with E-state index < -0.39 is 63.0 Å². The maximum atomic E-state index is 12.2. The molecule has 0 heterocycles. The SMILES string of the molecule is O=C(NC1[C@@H](O)[C@H](O)C(O)[C@H](O)[C@H]1O)c1ccccc1S(=O)(=O)O. The first-order valence-corrected chi connectivity index (χ1v) is 8.27. The number of benzene rings is 1. The molecule has 2 rings (SSSR count). The number of carbonyl (C=O) groups is 1.